The van der Waals surface area contributed by atoms with E-state index in [0.29, 0.717) is 18.1 Å². The molecule has 0 amide bonds. The highest BCUT2D eigenvalue weighted by Crippen LogP contribution is 2.46. The molecule has 1 unspecified atom stereocenters. The molecular weight excluding hydrogens is 414 g/mol. The lowest BCUT2D eigenvalue weighted by Crippen LogP contribution is -2.28. The quantitative estimate of drug-likeness (QED) is 0.354. The van der Waals surface area contributed by atoms with Crippen LogP contribution in [0.3, 0.4) is 0 Å². The predicted octanol–water partition coefficient (Wildman–Crippen LogP) is 9.13. The number of allylic oxidation sites excluding steroid dienone is 3. The van der Waals surface area contributed by atoms with E-state index in [9.17, 15) is 8.78 Å². The molecule has 0 N–H and O–H groups in total. The van der Waals surface area contributed by atoms with E-state index < -0.39 is 11.6 Å². The van der Waals surface area contributed by atoms with Gasteiger partial charge < -0.3 is 4.74 Å². The highest BCUT2D eigenvalue weighted by molar-refractivity contribution is 5.67. The molecule has 2 fully saturated rings. The average molecular weight is 457 g/mol. The smallest absolute Gasteiger partial charge is 0.201 e. The Morgan fingerprint density at radius 2 is 1.52 bits per heavy atom. The lowest BCUT2D eigenvalue weighted by Gasteiger charge is -2.40. The third-order valence-electron chi connectivity index (χ3n) is 8.96. The van der Waals surface area contributed by atoms with Crippen molar-refractivity contribution in [2.24, 2.45) is 29.6 Å². The second kappa shape index (κ2) is 11.7. The first-order valence-corrected chi connectivity index (χ1v) is 13.5. The Bertz CT molecular complexity index is 813. The zero-order valence-corrected chi connectivity index (χ0v) is 20.5. The summed E-state index contributed by atoms with van der Waals surface area (Å²) in [6.07, 6.45) is 21.0. The molecule has 182 valence electrons. The van der Waals surface area contributed by atoms with Crippen LogP contribution in [0.25, 0.3) is 5.57 Å². The van der Waals surface area contributed by atoms with Gasteiger partial charge in [-0.3, -0.25) is 0 Å². The number of hydrogen-bond acceptors (Lipinski definition) is 1. The van der Waals surface area contributed by atoms with Crippen molar-refractivity contribution in [3.8, 4) is 5.75 Å². The molecule has 2 saturated carbocycles. The van der Waals surface area contributed by atoms with Gasteiger partial charge >= 0.3 is 0 Å². The van der Waals surface area contributed by atoms with Gasteiger partial charge in [-0.15, -0.1) is 6.58 Å². The molecule has 0 aliphatic heterocycles. The molecule has 4 rings (SSSR count). The van der Waals surface area contributed by atoms with Gasteiger partial charge in [-0.1, -0.05) is 25.0 Å². The zero-order chi connectivity index (χ0) is 23.2. The largest absolute Gasteiger partial charge is 0.491 e. The maximum Gasteiger partial charge on any atom is 0.201 e. The van der Waals surface area contributed by atoms with E-state index in [0.717, 1.165) is 48.5 Å². The van der Waals surface area contributed by atoms with Crippen LogP contribution in [-0.4, -0.2) is 6.61 Å². The Balaban J connectivity index is 1.26. The van der Waals surface area contributed by atoms with Crippen LogP contribution in [0, 0.1) is 41.2 Å². The van der Waals surface area contributed by atoms with E-state index in [4.69, 9.17) is 4.74 Å². The maximum atomic E-state index is 14.6. The fraction of sp³-hybridized carbons (Fsp3) is 0.667. The summed E-state index contributed by atoms with van der Waals surface area (Å²) in [6, 6.07) is 3.26. The standard InChI is InChI=1S/C30H42F2O/c1-3-5-6-21-7-9-22(10-8-21)23-11-13-24(14-12-23)25-15-17-26(18-16-25)27-19-20-28(33-4-2)30(32)29(27)31/h3,17,19-25H,1,4-16,18H2,2H3. The second-order valence-electron chi connectivity index (χ2n) is 10.8. The zero-order valence-electron chi connectivity index (χ0n) is 20.5. The number of rotatable bonds is 8. The third kappa shape index (κ3) is 5.89. The Hall–Kier alpha value is -1.64. The topological polar surface area (TPSA) is 9.23 Å². The molecular formula is C30H42F2O. The van der Waals surface area contributed by atoms with Crippen molar-refractivity contribution in [1.82, 2.24) is 0 Å². The molecule has 33 heavy (non-hydrogen) atoms. The Kier molecular flexibility index (Phi) is 8.66. The molecule has 0 spiro atoms. The molecule has 1 aromatic carbocycles. The molecule has 0 radical (unpaired) electrons. The van der Waals surface area contributed by atoms with Gasteiger partial charge in [-0.05, 0) is 125 Å². The first kappa shape index (κ1) is 24.5. The van der Waals surface area contributed by atoms with Crippen LogP contribution in [0.5, 0.6) is 5.75 Å². The first-order valence-electron chi connectivity index (χ1n) is 13.5. The second-order valence-corrected chi connectivity index (χ2v) is 10.8. The highest BCUT2D eigenvalue weighted by Gasteiger charge is 2.34. The number of halogens is 2. The van der Waals surface area contributed by atoms with E-state index >= 15 is 0 Å². The maximum absolute atomic E-state index is 14.6. The summed E-state index contributed by atoms with van der Waals surface area (Å²) in [4.78, 5) is 0. The summed E-state index contributed by atoms with van der Waals surface area (Å²) < 4.78 is 34.1. The Labute approximate surface area is 199 Å². The molecule has 0 saturated heterocycles. The van der Waals surface area contributed by atoms with Gasteiger partial charge in [0.25, 0.3) is 0 Å². The summed E-state index contributed by atoms with van der Waals surface area (Å²) in [7, 11) is 0. The molecule has 3 aliphatic carbocycles. The minimum Gasteiger partial charge on any atom is -0.491 e. The van der Waals surface area contributed by atoms with Crippen molar-refractivity contribution in [1.29, 1.82) is 0 Å². The van der Waals surface area contributed by atoms with Crippen molar-refractivity contribution in [3.05, 3.63) is 48.1 Å². The summed E-state index contributed by atoms with van der Waals surface area (Å²) >= 11 is 0. The van der Waals surface area contributed by atoms with Gasteiger partial charge in [0.2, 0.25) is 5.82 Å². The van der Waals surface area contributed by atoms with Gasteiger partial charge in [-0.2, -0.15) is 4.39 Å². The third-order valence-corrected chi connectivity index (χ3v) is 8.96. The van der Waals surface area contributed by atoms with Crippen LogP contribution < -0.4 is 4.74 Å². The highest BCUT2D eigenvalue weighted by atomic mass is 19.2. The molecule has 0 heterocycles. The lowest BCUT2D eigenvalue weighted by atomic mass is 9.65. The van der Waals surface area contributed by atoms with E-state index in [1.165, 1.54) is 64.2 Å². The summed E-state index contributed by atoms with van der Waals surface area (Å²) in [5.74, 6) is 2.75. The normalized spacial score (nSPS) is 30.5. The predicted molar refractivity (Wildman–Crippen MR) is 133 cm³/mol. The van der Waals surface area contributed by atoms with E-state index in [-0.39, 0.29) is 5.75 Å². The summed E-state index contributed by atoms with van der Waals surface area (Å²) in [5, 5.41) is 0. The lowest BCUT2D eigenvalue weighted by molar-refractivity contribution is 0.121. The van der Waals surface area contributed by atoms with Gasteiger partial charge in [0.15, 0.2) is 11.6 Å². The first-order chi connectivity index (χ1) is 16.1. The molecule has 1 atom stereocenters. The van der Waals surface area contributed by atoms with Crippen molar-refractivity contribution >= 4 is 5.57 Å². The number of ether oxygens (including phenoxy) is 1. The van der Waals surface area contributed by atoms with Gasteiger partial charge in [0.1, 0.15) is 0 Å². The molecule has 1 aromatic rings. The Morgan fingerprint density at radius 1 is 0.879 bits per heavy atom. The molecule has 3 aliphatic rings. The van der Waals surface area contributed by atoms with Gasteiger partial charge in [0, 0.05) is 5.56 Å². The van der Waals surface area contributed by atoms with Gasteiger partial charge in [0.05, 0.1) is 6.61 Å². The minimum absolute atomic E-state index is 0.00930. The average Bonchev–Trinajstić information content (AvgIpc) is 2.86. The van der Waals surface area contributed by atoms with Crippen LogP contribution in [-0.2, 0) is 0 Å². The van der Waals surface area contributed by atoms with E-state index in [2.05, 4.69) is 18.7 Å². The summed E-state index contributed by atoms with van der Waals surface area (Å²) in [5.41, 5.74) is 1.38. The molecule has 0 aromatic heterocycles. The van der Waals surface area contributed by atoms with E-state index in [1.807, 2.05) is 0 Å². The minimum atomic E-state index is -0.856. The summed E-state index contributed by atoms with van der Waals surface area (Å²) in [6.45, 7) is 5.98. The van der Waals surface area contributed by atoms with Crippen molar-refractivity contribution in [2.75, 3.05) is 6.61 Å². The van der Waals surface area contributed by atoms with Crippen LogP contribution in [0.2, 0.25) is 0 Å². The number of benzene rings is 1. The Morgan fingerprint density at radius 3 is 2.09 bits per heavy atom. The fourth-order valence-electron chi connectivity index (χ4n) is 6.96. The van der Waals surface area contributed by atoms with Gasteiger partial charge in [-0.25, -0.2) is 4.39 Å². The number of hydrogen-bond donors (Lipinski definition) is 0. The van der Waals surface area contributed by atoms with Crippen LogP contribution >= 0.6 is 0 Å². The molecule has 1 nitrogen and oxygen atoms in total. The van der Waals surface area contributed by atoms with Crippen LogP contribution in [0.15, 0.2) is 30.9 Å². The van der Waals surface area contributed by atoms with Crippen molar-refractivity contribution < 1.29 is 13.5 Å². The SMILES string of the molecule is C=CCCC1CCC(C2CCC(C3CC=C(c4ccc(OCC)c(F)c4F)CC3)CC2)CC1. The van der Waals surface area contributed by atoms with E-state index in [1.54, 1.807) is 19.1 Å². The van der Waals surface area contributed by atoms with Crippen molar-refractivity contribution in [3.63, 3.8) is 0 Å². The monoisotopic (exact) mass is 456 g/mol. The fourth-order valence-corrected chi connectivity index (χ4v) is 6.96. The molecule has 0 bridgehead atoms. The van der Waals surface area contributed by atoms with Crippen molar-refractivity contribution in [2.45, 2.75) is 90.4 Å². The van der Waals surface area contributed by atoms with Crippen LogP contribution in [0.1, 0.15) is 96.0 Å². The molecule has 3 heteroatoms. The van der Waals surface area contributed by atoms with Crippen LogP contribution in [0.4, 0.5) is 8.78 Å².